The second kappa shape index (κ2) is 9.60. The molecule has 2 rings (SSSR count). The highest BCUT2D eigenvalue weighted by Gasteiger charge is 2.02. The van der Waals surface area contributed by atoms with Crippen molar-refractivity contribution < 1.29 is 4.74 Å². The van der Waals surface area contributed by atoms with Crippen LogP contribution >= 0.6 is 0 Å². The molecule has 0 atom stereocenters. The number of rotatable bonds is 9. The number of hydrogen-bond donors (Lipinski definition) is 1. The van der Waals surface area contributed by atoms with E-state index < -0.39 is 0 Å². The van der Waals surface area contributed by atoms with Gasteiger partial charge in [-0.05, 0) is 70.2 Å². The Kier molecular flexibility index (Phi) is 7.25. The fraction of sp³-hybridized carbons (Fsp3) is 0.556. The number of para-hydroxylation sites is 1. The standard InChI is InChI=1S/C18H27NO/c1-3-9-17(10-4-1)13-15-19-14-7-8-16-20-18-11-5-2-6-12-18/h2,5-6,9,11-12,19H,1,3-4,7-8,10,13-16H2. The molecule has 0 radical (unpaired) electrons. The minimum absolute atomic E-state index is 0.816. The molecule has 0 aromatic heterocycles. The second-order valence-corrected chi connectivity index (χ2v) is 5.48. The van der Waals surface area contributed by atoms with Crippen molar-refractivity contribution in [3.8, 4) is 5.75 Å². The molecule has 20 heavy (non-hydrogen) atoms. The molecule has 1 aliphatic rings. The quantitative estimate of drug-likeness (QED) is 0.534. The highest BCUT2D eigenvalue weighted by Crippen LogP contribution is 2.19. The molecule has 0 spiro atoms. The van der Waals surface area contributed by atoms with Crippen molar-refractivity contribution in [2.24, 2.45) is 0 Å². The van der Waals surface area contributed by atoms with E-state index in [4.69, 9.17) is 4.74 Å². The highest BCUT2D eigenvalue weighted by molar-refractivity contribution is 5.20. The first-order valence-corrected chi connectivity index (χ1v) is 8.01. The Balaban J connectivity index is 1.41. The van der Waals surface area contributed by atoms with Gasteiger partial charge >= 0.3 is 0 Å². The van der Waals surface area contributed by atoms with Crippen molar-refractivity contribution in [2.45, 2.75) is 44.9 Å². The Bertz CT molecular complexity index is 386. The third-order valence-corrected chi connectivity index (χ3v) is 3.77. The second-order valence-electron chi connectivity index (χ2n) is 5.48. The molecular formula is C18H27NO. The zero-order chi connectivity index (χ0) is 13.9. The maximum absolute atomic E-state index is 5.67. The first-order valence-electron chi connectivity index (χ1n) is 8.01. The summed E-state index contributed by atoms with van der Waals surface area (Å²) in [5.41, 5.74) is 1.66. The molecule has 0 fully saturated rings. The van der Waals surface area contributed by atoms with E-state index in [1.807, 2.05) is 30.3 Å². The van der Waals surface area contributed by atoms with E-state index in [0.717, 1.165) is 31.9 Å². The van der Waals surface area contributed by atoms with Crippen LogP contribution in [0.4, 0.5) is 0 Å². The molecule has 0 bridgehead atoms. The fourth-order valence-corrected chi connectivity index (χ4v) is 2.56. The van der Waals surface area contributed by atoms with E-state index in [1.54, 1.807) is 5.57 Å². The number of benzene rings is 1. The van der Waals surface area contributed by atoms with E-state index in [-0.39, 0.29) is 0 Å². The number of ether oxygens (including phenoxy) is 1. The minimum Gasteiger partial charge on any atom is -0.494 e. The zero-order valence-corrected chi connectivity index (χ0v) is 12.4. The normalized spacial score (nSPS) is 14.9. The van der Waals surface area contributed by atoms with Crippen molar-refractivity contribution >= 4 is 0 Å². The van der Waals surface area contributed by atoms with E-state index in [0.29, 0.717) is 0 Å². The topological polar surface area (TPSA) is 21.3 Å². The average Bonchev–Trinajstić information content (AvgIpc) is 2.52. The molecule has 110 valence electrons. The predicted molar refractivity (Wildman–Crippen MR) is 85.2 cm³/mol. The van der Waals surface area contributed by atoms with Gasteiger partial charge in [-0.15, -0.1) is 0 Å². The van der Waals surface area contributed by atoms with Crippen molar-refractivity contribution in [3.05, 3.63) is 42.0 Å². The van der Waals surface area contributed by atoms with Crippen molar-refractivity contribution in [1.82, 2.24) is 5.32 Å². The van der Waals surface area contributed by atoms with Crippen LogP contribution in [0.3, 0.4) is 0 Å². The van der Waals surface area contributed by atoms with E-state index in [1.165, 1.54) is 38.5 Å². The Labute approximate surface area is 123 Å². The first-order chi connectivity index (χ1) is 9.95. The highest BCUT2D eigenvalue weighted by atomic mass is 16.5. The van der Waals surface area contributed by atoms with Crippen LogP contribution in [0.25, 0.3) is 0 Å². The molecule has 0 saturated carbocycles. The van der Waals surface area contributed by atoms with Crippen LogP contribution < -0.4 is 10.1 Å². The SMILES string of the molecule is C1=C(CCNCCCCOc2ccccc2)CCCC1. The Hall–Kier alpha value is -1.28. The summed E-state index contributed by atoms with van der Waals surface area (Å²) in [4.78, 5) is 0. The van der Waals surface area contributed by atoms with E-state index >= 15 is 0 Å². The van der Waals surface area contributed by atoms with Gasteiger partial charge in [0.05, 0.1) is 6.61 Å². The molecule has 1 N–H and O–H groups in total. The zero-order valence-electron chi connectivity index (χ0n) is 12.4. The van der Waals surface area contributed by atoms with Gasteiger partial charge in [0.15, 0.2) is 0 Å². The van der Waals surface area contributed by atoms with Gasteiger partial charge in [0.2, 0.25) is 0 Å². The summed E-state index contributed by atoms with van der Waals surface area (Å²) in [6.45, 7) is 3.05. The molecule has 0 amide bonds. The lowest BCUT2D eigenvalue weighted by Crippen LogP contribution is -2.18. The molecule has 1 aromatic carbocycles. The number of allylic oxidation sites excluding steroid dienone is 1. The molecule has 2 heteroatoms. The van der Waals surface area contributed by atoms with Gasteiger partial charge < -0.3 is 10.1 Å². The lowest BCUT2D eigenvalue weighted by Gasteiger charge is -2.12. The van der Waals surface area contributed by atoms with Crippen LogP contribution in [0.1, 0.15) is 44.9 Å². The summed E-state index contributed by atoms with van der Waals surface area (Å²) in [7, 11) is 0. The molecule has 0 saturated heterocycles. The molecule has 0 unspecified atom stereocenters. The van der Waals surface area contributed by atoms with Crippen LogP contribution in [0, 0.1) is 0 Å². The van der Waals surface area contributed by atoms with Crippen LogP contribution in [0.15, 0.2) is 42.0 Å². The third-order valence-electron chi connectivity index (χ3n) is 3.77. The fourth-order valence-electron chi connectivity index (χ4n) is 2.56. The van der Waals surface area contributed by atoms with Crippen LogP contribution in [-0.4, -0.2) is 19.7 Å². The number of nitrogens with one attached hydrogen (secondary N) is 1. The Morgan fingerprint density at radius 3 is 2.70 bits per heavy atom. The molecule has 0 aliphatic heterocycles. The smallest absolute Gasteiger partial charge is 0.119 e. The van der Waals surface area contributed by atoms with Gasteiger partial charge in [-0.1, -0.05) is 29.8 Å². The van der Waals surface area contributed by atoms with Crippen molar-refractivity contribution in [2.75, 3.05) is 19.7 Å². The third kappa shape index (κ3) is 6.25. The van der Waals surface area contributed by atoms with Gasteiger partial charge in [-0.2, -0.15) is 0 Å². The summed E-state index contributed by atoms with van der Waals surface area (Å²) in [5.74, 6) is 0.977. The summed E-state index contributed by atoms with van der Waals surface area (Å²) in [6.07, 6.45) is 11.4. The number of unbranched alkanes of at least 4 members (excludes halogenated alkanes) is 1. The Morgan fingerprint density at radius 2 is 1.90 bits per heavy atom. The van der Waals surface area contributed by atoms with Crippen LogP contribution in [0.5, 0.6) is 5.75 Å². The first kappa shape index (κ1) is 15.1. The number of hydrogen-bond acceptors (Lipinski definition) is 2. The monoisotopic (exact) mass is 273 g/mol. The van der Waals surface area contributed by atoms with Crippen LogP contribution in [0.2, 0.25) is 0 Å². The summed E-state index contributed by atoms with van der Waals surface area (Å²) in [6, 6.07) is 10.1. The minimum atomic E-state index is 0.816. The molecule has 1 aliphatic carbocycles. The van der Waals surface area contributed by atoms with E-state index in [9.17, 15) is 0 Å². The van der Waals surface area contributed by atoms with Gasteiger partial charge in [0.1, 0.15) is 5.75 Å². The van der Waals surface area contributed by atoms with Gasteiger partial charge in [0, 0.05) is 0 Å². The lowest BCUT2D eigenvalue weighted by atomic mass is 9.97. The molecule has 0 heterocycles. The largest absolute Gasteiger partial charge is 0.494 e. The molecular weight excluding hydrogens is 246 g/mol. The van der Waals surface area contributed by atoms with Gasteiger partial charge in [0.25, 0.3) is 0 Å². The van der Waals surface area contributed by atoms with Gasteiger partial charge in [-0.25, -0.2) is 0 Å². The van der Waals surface area contributed by atoms with Crippen molar-refractivity contribution in [1.29, 1.82) is 0 Å². The van der Waals surface area contributed by atoms with Gasteiger partial charge in [-0.3, -0.25) is 0 Å². The average molecular weight is 273 g/mol. The van der Waals surface area contributed by atoms with Crippen molar-refractivity contribution in [3.63, 3.8) is 0 Å². The van der Waals surface area contributed by atoms with E-state index in [2.05, 4.69) is 11.4 Å². The maximum atomic E-state index is 5.67. The molecule has 1 aromatic rings. The lowest BCUT2D eigenvalue weighted by molar-refractivity contribution is 0.306. The Morgan fingerprint density at radius 1 is 1.00 bits per heavy atom. The predicted octanol–water partition coefficient (Wildman–Crippen LogP) is 4.33. The maximum Gasteiger partial charge on any atom is 0.119 e. The summed E-state index contributed by atoms with van der Waals surface area (Å²) >= 11 is 0. The molecule has 2 nitrogen and oxygen atoms in total. The van der Waals surface area contributed by atoms with Crippen LogP contribution in [-0.2, 0) is 0 Å². The summed E-state index contributed by atoms with van der Waals surface area (Å²) < 4.78 is 5.67. The summed E-state index contributed by atoms with van der Waals surface area (Å²) in [5, 5.41) is 3.53.